The molecule has 0 unspecified atom stereocenters. The molecule has 0 aliphatic rings. The van der Waals surface area contributed by atoms with Crippen LogP contribution in [-0.2, 0) is 4.74 Å². The van der Waals surface area contributed by atoms with Crippen LogP contribution in [0.5, 0.6) is 0 Å². The van der Waals surface area contributed by atoms with E-state index in [1.54, 1.807) is 30.5 Å². The first kappa shape index (κ1) is 16.1. The zero-order valence-electron chi connectivity index (χ0n) is 13.4. The lowest BCUT2D eigenvalue weighted by Crippen LogP contribution is -2.16. The van der Waals surface area contributed by atoms with Gasteiger partial charge < -0.3 is 4.74 Å². The molecule has 3 aromatic rings. The highest BCUT2D eigenvalue weighted by atomic mass is 32.1. The first-order valence-corrected chi connectivity index (χ1v) is 8.03. The Labute approximate surface area is 142 Å². The molecular weight excluding hydrogens is 326 g/mol. The Morgan fingerprint density at radius 1 is 1.29 bits per heavy atom. The van der Waals surface area contributed by atoms with Gasteiger partial charge in [0.2, 0.25) is 0 Å². The van der Waals surface area contributed by atoms with Crippen molar-refractivity contribution in [1.29, 1.82) is 0 Å². The number of ether oxygens (including phenoxy) is 1. The van der Waals surface area contributed by atoms with E-state index in [1.807, 2.05) is 13.8 Å². The van der Waals surface area contributed by atoms with Crippen molar-refractivity contribution in [2.45, 2.75) is 13.8 Å². The number of aryl methyl sites for hydroxylation is 2. The van der Waals surface area contributed by atoms with Gasteiger partial charge in [-0.05, 0) is 37.1 Å². The molecule has 0 amide bonds. The van der Waals surface area contributed by atoms with Crippen LogP contribution in [0.3, 0.4) is 0 Å². The summed E-state index contributed by atoms with van der Waals surface area (Å²) in [6.45, 7) is 3.88. The number of thiophene rings is 1. The minimum absolute atomic E-state index is 0.190. The fourth-order valence-electron chi connectivity index (χ4n) is 2.26. The van der Waals surface area contributed by atoms with E-state index in [0.717, 1.165) is 20.8 Å². The second-order valence-corrected chi connectivity index (χ2v) is 6.42. The lowest BCUT2D eigenvalue weighted by Gasteiger charge is -2.00. The van der Waals surface area contributed by atoms with Crippen molar-refractivity contribution >= 4 is 33.7 Å². The standard InChI is InChI=1S/C17H15N3O3S/c1-10-11(2)24-15-14(10)16(21)20(9-18-15)19-8-12-4-6-13(7-5-12)17(22)23-3/h4-9H,1-3H3/b19-8+. The number of esters is 1. The van der Waals surface area contributed by atoms with Gasteiger partial charge in [0.05, 0.1) is 24.3 Å². The van der Waals surface area contributed by atoms with Gasteiger partial charge in [0.25, 0.3) is 5.56 Å². The van der Waals surface area contributed by atoms with Crippen LogP contribution in [0.2, 0.25) is 0 Å². The largest absolute Gasteiger partial charge is 0.465 e. The molecule has 2 heterocycles. The third-order valence-corrected chi connectivity index (χ3v) is 4.85. The average Bonchev–Trinajstić information content (AvgIpc) is 2.89. The molecule has 0 aliphatic heterocycles. The Bertz CT molecular complexity index is 1000. The Morgan fingerprint density at radius 2 is 2.00 bits per heavy atom. The monoisotopic (exact) mass is 341 g/mol. The van der Waals surface area contributed by atoms with Crippen molar-refractivity contribution in [2.75, 3.05) is 7.11 Å². The second-order valence-electron chi connectivity index (χ2n) is 5.22. The molecule has 2 aromatic heterocycles. The molecule has 7 heteroatoms. The quantitative estimate of drug-likeness (QED) is 0.542. The summed E-state index contributed by atoms with van der Waals surface area (Å²) in [4.78, 5) is 30.0. The summed E-state index contributed by atoms with van der Waals surface area (Å²) in [6.07, 6.45) is 2.96. The highest BCUT2D eigenvalue weighted by Gasteiger charge is 2.11. The van der Waals surface area contributed by atoms with Crippen LogP contribution in [0.25, 0.3) is 10.2 Å². The van der Waals surface area contributed by atoms with Crippen LogP contribution < -0.4 is 5.56 Å². The van der Waals surface area contributed by atoms with Crippen molar-refractivity contribution in [3.05, 3.63) is 62.5 Å². The maximum atomic E-state index is 12.5. The van der Waals surface area contributed by atoms with Crippen LogP contribution in [0.15, 0.2) is 40.5 Å². The van der Waals surface area contributed by atoms with Crippen LogP contribution in [0.4, 0.5) is 0 Å². The van der Waals surface area contributed by atoms with Crippen LogP contribution in [0, 0.1) is 13.8 Å². The number of aromatic nitrogens is 2. The summed E-state index contributed by atoms with van der Waals surface area (Å²) in [5, 5.41) is 4.79. The number of hydrogen-bond donors (Lipinski definition) is 0. The summed E-state index contributed by atoms with van der Waals surface area (Å²) in [5.74, 6) is -0.396. The van der Waals surface area contributed by atoms with Gasteiger partial charge in [-0.1, -0.05) is 12.1 Å². The molecule has 6 nitrogen and oxygen atoms in total. The molecule has 0 N–H and O–H groups in total. The van der Waals surface area contributed by atoms with E-state index in [-0.39, 0.29) is 5.56 Å². The maximum Gasteiger partial charge on any atom is 0.337 e. The number of hydrogen-bond acceptors (Lipinski definition) is 6. The van der Waals surface area contributed by atoms with Gasteiger partial charge >= 0.3 is 5.97 Å². The molecule has 0 fully saturated rings. The van der Waals surface area contributed by atoms with Crippen molar-refractivity contribution in [3.8, 4) is 0 Å². The molecule has 24 heavy (non-hydrogen) atoms. The van der Waals surface area contributed by atoms with Gasteiger partial charge in [-0.15, -0.1) is 11.3 Å². The molecule has 0 bridgehead atoms. The molecule has 0 aliphatic carbocycles. The van der Waals surface area contributed by atoms with Gasteiger partial charge in [0, 0.05) is 4.88 Å². The SMILES string of the molecule is COC(=O)c1ccc(/C=N/n2cnc3sc(C)c(C)c3c2=O)cc1. The predicted molar refractivity (Wildman–Crippen MR) is 94.1 cm³/mol. The third kappa shape index (κ3) is 2.85. The predicted octanol–water partition coefficient (Wildman–Crippen LogP) is 2.74. The summed E-state index contributed by atoms with van der Waals surface area (Å²) in [5.41, 5.74) is 1.97. The van der Waals surface area contributed by atoms with E-state index < -0.39 is 5.97 Å². The molecule has 0 spiro atoms. The number of rotatable bonds is 3. The fraction of sp³-hybridized carbons (Fsp3) is 0.176. The minimum Gasteiger partial charge on any atom is -0.465 e. The number of carbonyl (C=O) groups excluding carboxylic acids is 1. The summed E-state index contributed by atoms with van der Waals surface area (Å²) in [6, 6.07) is 6.74. The van der Waals surface area contributed by atoms with Crippen molar-refractivity contribution in [1.82, 2.24) is 9.66 Å². The molecular formula is C17H15N3O3S. The van der Waals surface area contributed by atoms with Gasteiger partial charge in [-0.25, -0.2) is 9.78 Å². The number of carbonyl (C=O) groups is 1. The maximum absolute atomic E-state index is 12.5. The molecule has 1 aromatic carbocycles. The molecule has 3 rings (SSSR count). The van der Waals surface area contributed by atoms with E-state index in [1.165, 1.54) is 29.5 Å². The molecule has 122 valence electrons. The van der Waals surface area contributed by atoms with Gasteiger partial charge in [0.15, 0.2) is 0 Å². The van der Waals surface area contributed by atoms with Gasteiger partial charge in [-0.3, -0.25) is 4.79 Å². The van der Waals surface area contributed by atoms with Gasteiger partial charge in [-0.2, -0.15) is 9.78 Å². The highest BCUT2D eigenvalue weighted by molar-refractivity contribution is 7.18. The summed E-state index contributed by atoms with van der Waals surface area (Å²) in [7, 11) is 1.33. The molecule has 0 atom stereocenters. The zero-order chi connectivity index (χ0) is 17.3. The lowest BCUT2D eigenvalue weighted by atomic mass is 10.1. The number of benzene rings is 1. The van der Waals surface area contributed by atoms with Crippen LogP contribution in [0.1, 0.15) is 26.4 Å². The number of methoxy groups -OCH3 is 1. The molecule has 0 saturated carbocycles. The van der Waals surface area contributed by atoms with Crippen molar-refractivity contribution < 1.29 is 9.53 Å². The summed E-state index contributed by atoms with van der Waals surface area (Å²) >= 11 is 1.50. The Morgan fingerprint density at radius 3 is 2.67 bits per heavy atom. The first-order valence-electron chi connectivity index (χ1n) is 7.21. The van der Waals surface area contributed by atoms with Crippen LogP contribution in [-0.4, -0.2) is 29.0 Å². The lowest BCUT2D eigenvalue weighted by molar-refractivity contribution is 0.0600. The highest BCUT2D eigenvalue weighted by Crippen LogP contribution is 2.25. The smallest absolute Gasteiger partial charge is 0.337 e. The van der Waals surface area contributed by atoms with Gasteiger partial charge in [0.1, 0.15) is 11.2 Å². The first-order chi connectivity index (χ1) is 11.5. The van der Waals surface area contributed by atoms with Crippen molar-refractivity contribution in [3.63, 3.8) is 0 Å². The van der Waals surface area contributed by atoms with E-state index in [9.17, 15) is 9.59 Å². The second kappa shape index (κ2) is 6.37. The molecule has 0 radical (unpaired) electrons. The zero-order valence-corrected chi connectivity index (χ0v) is 14.3. The Balaban J connectivity index is 1.93. The van der Waals surface area contributed by atoms with E-state index in [4.69, 9.17) is 0 Å². The van der Waals surface area contributed by atoms with Crippen LogP contribution >= 0.6 is 11.3 Å². The number of nitrogens with zero attached hydrogens (tertiary/aromatic N) is 3. The van der Waals surface area contributed by atoms with Crippen molar-refractivity contribution in [2.24, 2.45) is 5.10 Å². The minimum atomic E-state index is -0.396. The summed E-state index contributed by atoms with van der Waals surface area (Å²) < 4.78 is 5.87. The topological polar surface area (TPSA) is 73.5 Å². The number of fused-ring (bicyclic) bond motifs is 1. The Kier molecular flexibility index (Phi) is 4.26. The average molecular weight is 341 g/mol. The third-order valence-electron chi connectivity index (χ3n) is 3.74. The normalized spacial score (nSPS) is 11.3. The van der Waals surface area contributed by atoms with E-state index in [0.29, 0.717) is 10.9 Å². The van der Waals surface area contributed by atoms with E-state index >= 15 is 0 Å². The Hall–Kier alpha value is -2.80. The van der Waals surface area contributed by atoms with E-state index in [2.05, 4.69) is 14.8 Å². The fourth-order valence-corrected chi connectivity index (χ4v) is 3.25. The molecule has 0 saturated heterocycles.